The number of aryl methyl sites for hydroxylation is 1. The molecule has 0 N–H and O–H groups in total. The Balaban J connectivity index is 1.53. The lowest BCUT2D eigenvalue weighted by molar-refractivity contribution is 0.0760. The van der Waals surface area contributed by atoms with Crippen molar-refractivity contribution in [2.45, 2.75) is 18.4 Å². The van der Waals surface area contributed by atoms with Crippen LogP contribution in [-0.2, 0) is 7.05 Å². The van der Waals surface area contributed by atoms with E-state index in [1.54, 1.807) is 29.4 Å². The number of nitrogens with zero attached hydrogens (tertiary/aromatic N) is 6. The summed E-state index contributed by atoms with van der Waals surface area (Å²) in [6.07, 6.45) is 9.02. The maximum atomic E-state index is 12.6. The van der Waals surface area contributed by atoms with Crippen LogP contribution < -0.4 is 4.90 Å². The van der Waals surface area contributed by atoms with Crippen LogP contribution in [0.2, 0.25) is 0 Å². The highest BCUT2D eigenvalue weighted by Crippen LogP contribution is 2.41. The molecule has 0 radical (unpaired) electrons. The molecule has 7 heteroatoms. The minimum atomic E-state index is 0.00216. The van der Waals surface area contributed by atoms with Gasteiger partial charge in [-0.05, 0) is 18.9 Å². The number of imidazole rings is 1. The molecule has 2 saturated heterocycles. The van der Waals surface area contributed by atoms with Crippen LogP contribution in [0.3, 0.4) is 0 Å². The number of aromatic nitrogens is 4. The van der Waals surface area contributed by atoms with E-state index >= 15 is 0 Å². The van der Waals surface area contributed by atoms with Crippen molar-refractivity contribution >= 4 is 11.9 Å². The Morgan fingerprint density at radius 1 is 1.14 bits per heavy atom. The highest BCUT2D eigenvalue weighted by atomic mass is 16.2. The van der Waals surface area contributed by atoms with Crippen molar-refractivity contribution in [3.63, 3.8) is 0 Å². The van der Waals surface area contributed by atoms with E-state index in [1.807, 2.05) is 18.0 Å². The first kappa shape index (κ1) is 13.2. The number of carbonyl (C=O) groups excluding carboxylic acids is 1. The van der Waals surface area contributed by atoms with E-state index in [9.17, 15) is 4.79 Å². The standard InChI is InChI=1S/C15H18N6O/c1-19-10-7-16-12(19)13(22)20-8-3-15(11-20)4-9-21(15)14-17-5-2-6-18-14/h2,5-7,10H,3-4,8-9,11H2,1H3. The number of anilines is 1. The summed E-state index contributed by atoms with van der Waals surface area (Å²) in [4.78, 5) is 29.6. The van der Waals surface area contributed by atoms with Gasteiger partial charge in [-0.25, -0.2) is 15.0 Å². The molecule has 0 aliphatic carbocycles. The van der Waals surface area contributed by atoms with Crippen LogP contribution in [0.15, 0.2) is 30.9 Å². The fraction of sp³-hybridized carbons (Fsp3) is 0.467. The molecule has 2 aromatic rings. The number of hydrogen-bond acceptors (Lipinski definition) is 5. The maximum Gasteiger partial charge on any atom is 0.289 e. The van der Waals surface area contributed by atoms with Crippen LogP contribution in [0.4, 0.5) is 5.95 Å². The smallest absolute Gasteiger partial charge is 0.289 e. The molecule has 4 rings (SSSR count). The second-order valence-electron chi connectivity index (χ2n) is 6.01. The highest BCUT2D eigenvalue weighted by Gasteiger charge is 2.51. The Kier molecular flexibility index (Phi) is 2.88. The number of rotatable bonds is 2. The van der Waals surface area contributed by atoms with Gasteiger partial charge in [-0.15, -0.1) is 0 Å². The molecule has 114 valence electrons. The van der Waals surface area contributed by atoms with E-state index in [2.05, 4.69) is 19.9 Å². The third-order valence-electron chi connectivity index (χ3n) is 4.80. The Labute approximate surface area is 128 Å². The molecule has 0 bridgehead atoms. The molecule has 1 unspecified atom stereocenters. The van der Waals surface area contributed by atoms with Crippen molar-refractivity contribution in [2.75, 3.05) is 24.5 Å². The first-order valence-corrected chi connectivity index (χ1v) is 7.51. The topological polar surface area (TPSA) is 67.2 Å². The van der Waals surface area contributed by atoms with Crippen LogP contribution in [0, 0.1) is 0 Å². The van der Waals surface area contributed by atoms with Gasteiger partial charge < -0.3 is 14.4 Å². The molecule has 1 spiro atoms. The fourth-order valence-electron chi connectivity index (χ4n) is 3.45. The Hall–Kier alpha value is -2.44. The molecular formula is C15H18N6O. The molecule has 2 aromatic heterocycles. The van der Waals surface area contributed by atoms with Crippen molar-refractivity contribution < 1.29 is 4.79 Å². The van der Waals surface area contributed by atoms with Crippen molar-refractivity contribution in [1.82, 2.24) is 24.4 Å². The first-order chi connectivity index (χ1) is 10.7. The van der Waals surface area contributed by atoms with Crippen LogP contribution >= 0.6 is 0 Å². The fourth-order valence-corrected chi connectivity index (χ4v) is 3.45. The number of amides is 1. The minimum Gasteiger partial charge on any atom is -0.334 e. The SMILES string of the molecule is Cn1ccnc1C(=O)N1CCC2(CCN2c2ncccn2)C1. The van der Waals surface area contributed by atoms with Gasteiger partial charge in [0.05, 0.1) is 5.54 Å². The summed E-state index contributed by atoms with van der Waals surface area (Å²) in [5.74, 6) is 1.27. The monoisotopic (exact) mass is 298 g/mol. The predicted octanol–water partition coefficient (Wildman–Crippen LogP) is 0.705. The Bertz CT molecular complexity index is 699. The average molecular weight is 298 g/mol. The molecule has 1 amide bonds. The van der Waals surface area contributed by atoms with Crippen molar-refractivity contribution in [1.29, 1.82) is 0 Å². The van der Waals surface area contributed by atoms with Gasteiger partial charge in [0.25, 0.3) is 5.91 Å². The first-order valence-electron chi connectivity index (χ1n) is 7.51. The molecule has 0 aromatic carbocycles. The zero-order chi connectivity index (χ0) is 15.2. The molecule has 2 fully saturated rings. The molecule has 22 heavy (non-hydrogen) atoms. The van der Waals surface area contributed by atoms with E-state index in [0.717, 1.165) is 38.4 Å². The van der Waals surface area contributed by atoms with E-state index in [0.29, 0.717) is 5.82 Å². The maximum absolute atomic E-state index is 12.6. The van der Waals surface area contributed by atoms with Crippen molar-refractivity contribution in [3.8, 4) is 0 Å². The average Bonchev–Trinajstić information content (AvgIpc) is 3.14. The summed E-state index contributed by atoms with van der Waals surface area (Å²) in [6.45, 7) is 2.43. The van der Waals surface area contributed by atoms with Crippen molar-refractivity contribution in [2.24, 2.45) is 7.05 Å². The third kappa shape index (κ3) is 1.88. The van der Waals surface area contributed by atoms with Crippen LogP contribution in [-0.4, -0.2) is 55.5 Å². The molecule has 4 heterocycles. The van der Waals surface area contributed by atoms with Gasteiger partial charge in [0, 0.05) is 51.5 Å². The van der Waals surface area contributed by atoms with Gasteiger partial charge in [0.2, 0.25) is 5.95 Å². The minimum absolute atomic E-state index is 0.00216. The van der Waals surface area contributed by atoms with Gasteiger partial charge in [0.15, 0.2) is 5.82 Å². The normalized spacial score (nSPS) is 23.9. The van der Waals surface area contributed by atoms with Crippen molar-refractivity contribution in [3.05, 3.63) is 36.7 Å². The summed E-state index contributed by atoms with van der Waals surface area (Å²) in [7, 11) is 1.85. The van der Waals surface area contributed by atoms with Gasteiger partial charge in [-0.2, -0.15) is 0 Å². The van der Waals surface area contributed by atoms with E-state index in [-0.39, 0.29) is 11.4 Å². The molecule has 7 nitrogen and oxygen atoms in total. The lowest BCUT2D eigenvalue weighted by Gasteiger charge is -2.50. The zero-order valence-electron chi connectivity index (χ0n) is 12.5. The lowest BCUT2D eigenvalue weighted by Crippen LogP contribution is -2.62. The van der Waals surface area contributed by atoms with Crippen LogP contribution in [0.5, 0.6) is 0 Å². The summed E-state index contributed by atoms with van der Waals surface area (Å²) >= 11 is 0. The summed E-state index contributed by atoms with van der Waals surface area (Å²) in [6, 6.07) is 1.82. The number of likely N-dealkylation sites (tertiary alicyclic amines) is 1. The van der Waals surface area contributed by atoms with Gasteiger partial charge >= 0.3 is 0 Å². The largest absolute Gasteiger partial charge is 0.334 e. The third-order valence-corrected chi connectivity index (χ3v) is 4.80. The van der Waals surface area contributed by atoms with E-state index < -0.39 is 0 Å². The highest BCUT2D eigenvalue weighted by molar-refractivity contribution is 5.91. The van der Waals surface area contributed by atoms with E-state index in [4.69, 9.17) is 0 Å². The lowest BCUT2D eigenvalue weighted by atomic mass is 9.84. The predicted molar refractivity (Wildman–Crippen MR) is 80.5 cm³/mol. The van der Waals surface area contributed by atoms with Gasteiger partial charge in [-0.1, -0.05) is 0 Å². The molecule has 0 saturated carbocycles. The zero-order valence-corrected chi connectivity index (χ0v) is 12.5. The van der Waals surface area contributed by atoms with Crippen LogP contribution in [0.1, 0.15) is 23.5 Å². The second kappa shape index (κ2) is 4.79. The quantitative estimate of drug-likeness (QED) is 0.816. The summed E-state index contributed by atoms with van der Waals surface area (Å²) in [5.41, 5.74) is 0.00216. The molecule has 2 aliphatic rings. The number of carbonyl (C=O) groups is 1. The molecule has 2 aliphatic heterocycles. The van der Waals surface area contributed by atoms with Crippen LogP contribution in [0.25, 0.3) is 0 Å². The molecular weight excluding hydrogens is 280 g/mol. The second-order valence-corrected chi connectivity index (χ2v) is 6.01. The summed E-state index contributed by atoms with van der Waals surface area (Å²) < 4.78 is 1.77. The Morgan fingerprint density at radius 3 is 2.55 bits per heavy atom. The van der Waals surface area contributed by atoms with E-state index in [1.165, 1.54) is 0 Å². The summed E-state index contributed by atoms with van der Waals surface area (Å²) in [5, 5.41) is 0. The number of hydrogen-bond donors (Lipinski definition) is 0. The molecule has 1 atom stereocenters. The van der Waals surface area contributed by atoms with Gasteiger partial charge in [-0.3, -0.25) is 4.79 Å². The van der Waals surface area contributed by atoms with Gasteiger partial charge in [0.1, 0.15) is 0 Å². The Morgan fingerprint density at radius 2 is 1.91 bits per heavy atom.